The summed E-state index contributed by atoms with van der Waals surface area (Å²) >= 11 is -5.42. The zero-order valence-electron chi connectivity index (χ0n) is 19.4. The summed E-state index contributed by atoms with van der Waals surface area (Å²) in [6.07, 6.45) is 0. The van der Waals surface area contributed by atoms with Crippen LogP contribution in [0, 0.1) is 0 Å². The van der Waals surface area contributed by atoms with Crippen LogP contribution in [0.15, 0.2) is 140 Å². The Kier molecular flexibility index (Phi) is 6.30. The zero-order chi connectivity index (χ0) is 25.0. The summed E-state index contributed by atoms with van der Waals surface area (Å²) in [7, 11) is 0. The molecule has 5 aromatic carbocycles. The Morgan fingerprint density at radius 3 is 1.25 bits per heavy atom. The number of aromatic hydroxyl groups is 2. The van der Waals surface area contributed by atoms with Crippen LogP contribution >= 0.6 is 0 Å². The summed E-state index contributed by atoms with van der Waals surface area (Å²) in [6.45, 7) is 0. The first-order chi connectivity index (χ1) is 17.6. The number of hydrogen-bond donors (Lipinski definition) is 2. The van der Waals surface area contributed by atoms with Gasteiger partial charge in [-0.3, -0.25) is 0 Å². The Hall–Kier alpha value is -4.01. The van der Waals surface area contributed by atoms with Gasteiger partial charge in [0.2, 0.25) is 0 Å². The van der Waals surface area contributed by atoms with Crippen LogP contribution in [-0.2, 0) is 3.02 Å². The molecule has 0 aliphatic heterocycles. The van der Waals surface area contributed by atoms with Gasteiger partial charge in [-0.25, -0.2) is 0 Å². The second-order valence-electron chi connectivity index (χ2n) is 8.46. The van der Waals surface area contributed by atoms with E-state index in [4.69, 9.17) is 3.02 Å². The topological polar surface area (TPSA) is 66.8 Å². The van der Waals surface area contributed by atoms with Crippen LogP contribution in [0.5, 0.6) is 11.5 Å². The van der Waals surface area contributed by atoms with Gasteiger partial charge in [-0.05, 0) is 0 Å². The fourth-order valence-corrected chi connectivity index (χ4v) is 20.9. The molecular formula is C31H25O4Sb. The molecule has 0 radical (unpaired) electrons. The normalized spacial score (nSPS) is 12.3. The summed E-state index contributed by atoms with van der Waals surface area (Å²) in [5.41, 5.74) is -0.0908. The van der Waals surface area contributed by atoms with E-state index in [0.29, 0.717) is 0 Å². The van der Waals surface area contributed by atoms with Crippen molar-refractivity contribution in [3.63, 3.8) is 0 Å². The molecule has 0 aliphatic rings. The molecule has 0 heterocycles. The van der Waals surface area contributed by atoms with Gasteiger partial charge >= 0.3 is 212 Å². The molecule has 5 rings (SSSR count). The molecule has 178 valence electrons. The number of carbonyl (C=O) groups excluding carboxylic acids is 1. The van der Waals surface area contributed by atoms with E-state index in [0.717, 1.165) is 14.0 Å². The van der Waals surface area contributed by atoms with Crippen LogP contribution in [-0.4, -0.2) is 34.0 Å². The molecule has 0 amide bonds. The SMILES string of the molecule is O=C([O][Sb]([c]1ccccc1)([c]1ccccc1)([c]1ccccc1)[c]1ccccc1)c1cc(O)ccc1O. The molecule has 0 aliphatic carbocycles. The molecule has 0 spiro atoms. The van der Waals surface area contributed by atoms with Crippen LogP contribution in [0.4, 0.5) is 0 Å². The molecule has 5 heteroatoms. The van der Waals surface area contributed by atoms with Crippen LogP contribution in [0.25, 0.3) is 0 Å². The molecular weight excluding hydrogens is 558 g/mol. The number of hydrogen-bond acceptors (Lipinski definition) is 4. The van der Waals surface area contributed by atoms with E-state index < -0.39 is 23.8 Å². The van der Waals surface area contributed by atoms with E-state index in [1.54, 1.807) is 0 Å². The average Bonchev–Trinajstić information content (AvgIpc) is 2.95. The van der Waals surface area contributed by atoms with Crippen LogP contribution in [0.2, 0.25) is 0 Å². The average molecular weight is 583 g/mol. The second kappa shape index (κ2) is 9.56. The summed E-state index contributed by atoms with van der Waals surface area (Å²) in [6, 6.07) is 43.4. The maximum absolute atomic E-state index is 14.1. The molecule has 0 bridgehead atoms. The van der Waals surface area contributed by atoms with Gasteiger partial charge in [-0.15, -0.1) is 0 Å². The van der Waals surface area contributed by atoms with Gasteiger partial charge in [0, 0.05) is 0 Å². The van der Waals surface area contributed by atoms with E-state index in [2.05, 4.69) is 0 Å². The molecule has 36 heavy (non-hydrogen) atoms. The van der Waals surface area contributed by atoms with Gasteiger partial charge in [-0.2, -0.15) is 0 Å². The summed E-state index contributed by atoms with van der Waals surface area (Å²) in [5, 5.41) is 20.7. The molecule has 0 unspecified atom stereocenters. The van der Waals surface area contributed by atoms with Gasteiger partial charge in [-0.1, -0.05) is 0 Å². The molecule has 5 aromatic rings. The molecule has 0 atom stereocenters. The fraction of sp³-hybridized carbons (Fsp3) is 0. The molecule has 0 saturated carbocycles. The van der Waals surface area contributed by atoms with Crippen LogP contribution in [0.1, 0.15) is 10.4 Å². The Morgan fingerprint density at radius 1 is 0.528 bits per heavy atom. The van der Waals surface area contributed by atoms with Crippen molar-refractivity contribution in [2.45, 2.75) is 0 Å². The Bertz CT molecular complexity index is 1320. The molecule has 0 aromatic heterocycles. The first-order valence-corrected chi connectivity index (χ1v) is 17.7. The van der Waals surface area contributed by atoms with Crippen LogP contribution in [0.3, 0.4) is 0 Å². The number of phenolic OH excluding ortho intramolecular Hbond substituents is 2. The van der Waals surface area contributed by atoms with E-state index in [1.807, 2.05) is 121 Å². The van der Waals surface area contributed by atoms with E-state index in [9.17, 15) is 15.0 Å². The van der Waals surface area contributed by atoms with Gasteiger partial charge in [0.1, 0.15) is 0 Å². The Labute approximate surface area is 211 Å². The quantitative estimate of drug-likeness (QED) is 0.236. The number of carbonyl (C=O) groups is 1. The molecule has 2 N–H and O–H groups in total. The van der Waals surface area contributed by atoms with E-state index >= 15 is 0 Å². The summed E-state index contributed by atoms with van der Waals surface area (Å²) in [5.74, 6) is -1.09. The third-order valence-corrected chi connectivity index (χ3v) is 22.6. The van der Waals surface area contributed by atoms with Crippen molar-refractivity contribution in [3.05, 3.63) is 145 Å². The molecule has 0 saturated heterocycles. The number of phenols is 2. The van der Waals surface area contributed by atoms with Crippen molar-refractivity contribution in [1.82, 2.24) is 0 Å². The second-order valence-corrected chi connectivity index (χ2v) is 20.8. The van der Waals surface area contributed by atoms with Gasteiger partial charge in [0.25, 0.3) is 0 Å². The van der Waals surface area contributed by atoms with E-state index in [-0.39, 0.29) is 17.1 Å². The first kappa shape index (κ1) is 23.7. The monoisotopic (exact) mass is 582 g/mol. The van der Waals surface area contributed by atoms with Crippen molar-refractivity contribution in [2.75, 3.05) is 0 Å². The van der Waals surface area contributed by atoms with Gasteiger partial charge in [0.15, 0.2) is 0 Å². The van der Waals surface area contributed by atoms with Crippen molar-refractivity contribution >= 4 is 37.8 Å². The number of benzene rings is 5. The Balaban J connectivity index is 1.97. The first-order valence-electron chi connectivity index (χ1n) is 11.6. The van der Waals surface area contributed by atoms with Gasteiger partial charge < -0.3 is 0 Å². The third kappa shape index (κ3) is 3.66. The third-order valence-electron chi connectivity index (χ3n) is 6.46. The summed E-state index contributed by atoms with van der Waals surface area (Å²) < 4.78 is 10.6. The van der Waals surface area contributed by atoms with Gasteiger partial charge in [0.05, 0.1) is 0 Å². The Morgan fingerprint density at radius 2 is 0.889 bits per heavy atom. The molecule has 4 nitrogen and oxygen atoms in total. The minimum atomic E-state index is -5.42. The fourth-order valence-electron chi connectivity index (χ4n) is 4.86. The van der Waals surface area contributed by atoms with E-state index in [1.165, 1.54) is 18.2 Å². The van der Waals surface area contributed by atoms with Crippen molar-refractivity contribution in [1.29, 1.82) is 0 Å². The zero-order valence-corrected chi connectivity index (χ0v) is 22.0. The summed E-state index contributed by atoms with van der Waals surface area (Å²) in [4.78, 5) is 14.1. The predicted molar refractivity (Wildman–Crippen MR) is 145 cm³/mol. The molecule has 0 fully saturated rings. The van der Waals surface area contributed by atoms with Crippen LogP contribution < -0.4 is 14.0 Å². The van der Waals surface area contributed by atoms with Crippen molar-refractivity contribution in [2.24, 2.45) is 0 Å². The predicted octanol–water partition coefficient (Wildman–Crippen LogP) is 3.78. The standard InChI is InChI=1S/C7H6O4.4C6H5.Sb/c8-4-1-2-6(9)5(3-4)7(10)11;4*1-2-4-6-5-3-1;/h1-3,8-9H,(H,10,11);4*1-5H;/q;;;;;+1/p-1. The minimum absolute atomic E-state index is 0.0908. The maximum atomic E-state index is 14.1. The number of rotatable bonds is 6. The van der Waals surface area contributed by atoms with Crippen molar-refractivity contribution < 1.29 is 18.0 Å². The van der Waals surface area contributed by atoms with Crippen molar-refractivity contribution in [3.8, 4) is 11.5 Å².